The van der Waals surface area contributed by atoms with Crippen molar-refractivity contribution in [2.75, 3.05) is 11.9 Å². The van der Waals surface area contributed by atoms with Gasteiger partial charge in [0.05, 0.1) is 5.41 Å². The zero-order valence-electron chi connectivity index (χ0n) is 11.0. The molecule has 0 saturated carbocycles. The second kappa shape index (κ2) is 6.67. The molecule has 0 aliphatic rings. The number of anilines is 1. The SMILES string of the molecule is CCC(CC)(CNC(=O)Nc1ncccn1)C(=O)O. The normalized spacial score (nSPS) is 10.8. The van der Waals surface area contributed by atoms with Crippen LogP contribution in [0, 0.1) is 5.41 Å². The number of carboxylic acid groups (broad SMARTS) is 1. The number of urea groups is 1. The van der Waals surface area contributed by atoms with Gasteiger partial charge in [0, 0.05) is 18.9 Å². The third-order valence-corrected chi connectivity index (χ3v) is 3.19. The zero-order valence-corrected chi connectivity index (χ0v) is 11.0. The first-order valence-corrected chi connectivity index (χ1v) is 6.09. The Kier molecular flexibility index (Phi) is 5.23. The number of hydrogen-bond acceptors (Lipinski definition) is 4. The van der Waals surface area contributed by atoms with E-state index in [1.807, 2.05) is 0 Å². The van der Waals surface area contributed by atoms with E-state index in [1.165, 1.54) is 12.4 Å². The maximum Gasteiger partial charge on any atom is 0.321 e. The first kappa shape index (κ1) is 14.9. The van der Waals surface area contributed by atoms with E-state index >= 15 is 0 Å². The van der Waals surface area contributed by atoms with Gasteiger partial charge in [-0.05, 0) is 18.9 Å². The molecule has 1 aromatic heterocycles. The number of aliphatic carboxylic acids is 1. The van der Waals surface area contributed by atoms with Crippen LogP contribution in [0.1, 0.15) is 26.7 Å². The summed E-state index contributed by atoms with van der Waals surface area (Å²) in [5, 5.41) is 14.2. The molecule has 1 aromatic rings. The van der Waals surface area contributed by atoms with Crippen LogP contribution >= 0.6 is 0 Å². The molecule has 0 aliphatic carbocycles. The minimum atomic E-state index is -0.936. The predicted molar refractivity (Wildman–Crippen MR) is 69.7 cm³/mol. The number of amides is 2. The highest BCUT2D eigenvalue weighted by molar-refractivity contribution is 5.87. The zero-order chi connectivity index (χ0) is 14.3. The summed E-state index contributed by atoms with van der Waals surface area (Å²) in [5.41, 5.74) is -0.936. The predicted octanol–water partition coefficient (Wildman–Crippen LogP) is 1.49. The van der Waals surface area contributed by atoms with Gasteiger partial charge in [0.2, 0.25) is 5.95 Å². The fourth-order valence-corrected chi connectivity index (χ4v) is 1.64. The van der Waals surface area contributed by atoms with Crippen LogP contribution in [0.25, 0.3) is 0 Å². The quantitative estimate of drug-likeness (QED) is 0.723. The highest BCUT2D eigenvalue weighted by Gasteiger charge is 2.35. The van der Waals surface area contributed by atoms with Crippen molar-refractivity contribution in [3.8, 4) is 0 Å². The standard InChI is InChI=1S/C12H18N4O3/c1-3-12(4-2,9(17)18)8-15-11(19)16-10-13-6-5-7-14-10/h5-7H,3-4,8H2,1-2H3,(H,17,18)(H2,13,14,15,16,19). The first-order valence-electron chi connectivity index (χ1n) is 6.09. The molecule has 1 heterocycles. The van der Waals surface area contributed by atoms with Crippen LogP contribution in [-0.4, -0.2) is 33.6 Å². The molecule has 7 nitrogen and oxygen atoms in total. The summed E-state index contributed by atoms with van der Waals surface area (Å²) in [6.45, 7) is 3.64. The second-order valence-corrected chi connectivity index (χ2v) is 4.17. The summed E-state index contributed by atoms with van der Waals surface area (Å²) < 4.78 is 0. The van der Waals surface area contributed by atoms with Crippen molar-refractivity contribution in [3.63, 3.8) is 0 Å². The Morgan fingerprint density at radius 1 is 1.26 bits per heavy atom. The maximum atomic E-state index is 11.6. The van der Waals surface area contributed by atoms with Crippen LogP contribution in [0.2, 0.25) is 0 Å². The number of nitrogens with zero attached hydrogens (tertiary/aromatic N) is 2. The number of carbonyl (C=O) groups excluding carboxylic acids is 1. The third-order valence-electron chi connectivity index (χ3n) is 3.19. The lowest BCUT2D eigenvalue weighted by molar-refractivity contribution is -0.149. The molecule has 0 bridgehead atoms. The van der Waals surface area contributed by atoms with Crippen molar-refractivity contribution in [1.29, 1.82) is 0 Å². The van der Waals surface area contributed by atoms with Crippen LogP contribution in [0.3, 0.4) is 0 Å². The molecule has 1 rings (SSSR count). The van der Waals surface area contributed by atoms with Crippen LogP contribution in [0.4, 0.5) is 10.7 Å². The molecule has 0 unspecified atom stereocenters. The van der Waals surface area contributed by atoms with Gasteiger partial charge in [-0.2, -0.15) is 0 Å². The monoisotopic (exact) mass is 266 g/mol. The van der Waals surface area contributed by atoms with Gasteiger partial charge in [0.15, 0.2) is 0 Å². The molecule has 0 spiro atoms. The van der Waals surface area contributed by atoms with Crippen LogP contribution in [0.15, 0.2) is 18.5 Å². The van der Waals surface area contributed by atoms with E-state index in [0.29, 0.717) is 12.8 Å². The molecule has 0 aromatic carbocycles. The van der Waals surface area contributed by atoms with Crippen molar-refractivity contribution < 1.29 is 14.7 Å². The Labute approximate surface area is 111 Å². The second-order valence-electron chi connectivity index (χ2n) is 4.17. The number of rotatable bonds is 6. The number of aromatic nitrogens is 2. The average molecular weight is 266 g/mol. The maximum absolute atomic E-state index is 11.6. The van der Waals surface area contributed by atoms with Gasteiger partial charge in [-0.3, -0.25) is 10.1 Å². The molecular formula is C12H18N4O3. The molecule has 19 heavy (non-hydrogen) atoms. The van der Waals surface area contributed by atoms with Crippen molar-refractivity contribution >= 4 is 17.9 Å². The van der Waals surface area contributed by atoms with Crippen molar-refractivity contribution in [1.82, 2.24) is 15.3 Å². The average Bonchev–Trinajstić information content (AvgIpc) is 2.41. The molecule has 3 N–H and O–H groups in total. The molecule has 0 radical (unpaired) electrons. The van der Waals surface area contributed by atoms with Crippen molar-refractivity contribution in [2.24, 2.45) is 5.41 Å². The molecule has 2 amide bonds. The molecule has 7 heteroatoms. The largest absolute Gasteiger partial charge is 0.481 e. The van der Waals surface area contributed by atoms with Crippen LogP contribution < -0.4 is 10.6 Å². The van der Waals surface area contributed by atoms with Crippen LogP contribution in [0.5, 0.6) is 0 Å². The van der Waals surface area contributed by atoms with Gasteiger partial charge in [0.25, 0.3) is 0 Å². The Bertz CT molecular complexity index is 432. The van der Waals surface area contributed by atoms with E-state index < -0.39 is 17.4 Å². The molecule has 0 saturated heterocycles. The summed E-state index contributed by atoms with van der Waals surface area (Å²) in [4.78, 5) is 30.6. The first-order chi connectivity index (χ1) is 9.04. The minimum absolute atomic E-state index is 0.0635. The lowest BCUT2D eigenvalue weighted by Gasteiger charge is -2.26. The van der Waals surface area contributed by atoms with Gasteiger partial charge in [0.1, 0.15) is 0 Å². The highest BCUT2D eigenvalue weighted by Crippen LogP contribution is 2.25. The Morgan fingerprint density at radius 2 is 1.84 bits per heavy atom. The minimum Gasteiger partial charge on any atom is -0.481 e. The Morgan fingerprint density at radius 3 is 2.32 bits per heavy atom. The fourth-order valence-electron chi connectivity index (χ4n) is 1.64. The number of hydrogen-bond donors (Lipinski definition) is 3. The van der Waals surface area contributed by atoms with Crippen LogP contribution in [-0.2, 0) is 4.79 Å². The summed E-state index contributed by atoms with van der Waals surface area (Å²) >= 11 is 0. The smallest absolute Gasteiger partial charge is 0.321 e. The number of carbonyl (C=O) groups is 2. The van der Waals surface area contributed by atoms with Gasteiger partial charge in [-0.25, -0.2) is 14.8 Å². The lowest BCUT2D eigenvalue weighted by Crippen LogP contribution is -2.43. The van der Waals surface area contributed by atoms with Gasteiger partial charge in [-0.15, -0.1) is 0 Å². The van der Waals surface area contributed by atoms with Gasteiger partial charge < -0.3 is 10.4 Å². The van der Waals surface area contributed by atoms with E-state index in [0.717, 1.165) is 0 Å². The van der Waals surface area contributed by atoms with E-state index in [9.17, 15) is 14.7 Å². The van der Waals surface area contributed by atoms with E-state index in [2.05, 4.69) is 20.6 Å². The lowest BCUT2D eigenvalue weighted by atomic mass is 9.82. The highest BCUT2D eigenvalue weighted by atomic mass is 16.4. The molecule has 0 fully saturated rings. The fraction of sp³-hybridized carbons (Fsp3) is 0.500. The Balaban J connectivity index is 2.56. The van der Waals surface area contributed by atoms with Gasteiger partial charge in [-0.1, -0.05) is 13.8 Å². The molecule has 104 valence electrons. The van der Waals surface area contributed by atoms with E-state index in [4.69, 9.17) is 0 Å². The molecule has 0 aliphatic heterocycles. The topological polar surface area (TPSA) is 104 Å². The molecular weight excluding hydrogens is 248 g/mol. The summed E-state index contributed by atoms with van der Waals surface area (Å²) in [5.74, 6) is -0.734. The summed E-state index contributed by atoms with van der Waals surface area (Å²) in [6, 6.07) is 1.12. The summed E-state index contributed by atoms with van der Waals surface area (Å²) in [7, 11) is 0. The number of carboxylic acids is 1. The van der Waals surface area contributed by atoms with E-state index in [1.54, 1.807) is 19.9 Å². The van der Waals surface area contributed by atoms with Gasteiger partial charge >= 0.3 is 12.0 Å². The van der Waals surface area contributed by atoms with E-state index in [-0.39, 0.29) is 12.5 Å². The Hall–Kier alpha value is -2.18. The number of nitrogens with one attached hydrogen (secondary N) is 2. The van der Waals surface area contributed by atoms with Crippen molar-refractivity contribution in [2.45, 2.75) is 26.7 Å². The molecule has 0 atom stereocenters. The summed E-state index contributed by atoms with van der Waals surface area (Å²) in [6.07, 6.45) is 3.90. The van der Waals surface area contributed by atoms with Crippen molar-refractivity contribution in [3.05, 3.63) is 18.5 Å². The third kappa shape index (κ3) is 3.90.